The number of esters is 1. The molecule has 3 aliphatic rings. The number of fused-ring (bicyclic) bond motifs is 1. The minimum Gasteiger partial charge on any atom is -0.467 e. The van der Waals surface area contributed by atoms with Gasteiger partial charge in [-0.25, -0.2) is 4.79 Å². The van der Waals surface area contributed by atoms with E-state index in [0.717, 1.165) is 63.4 Å². The molecule has 2 saturated carbocycles. The van der Waals surface area contributed by atoms with E-state index in [9.17, 15) is 14.4 Å². The number of carbonyl (C=O) groups is 3. The summed E-state index contributed by atoms with van der Waals surface area (Å²) in [6.45, 7) is 1.65. The number of rotatable bonds is 4. The molecule has 2 fully saturated rings. The molecule has 2 amide bonds. The van der Waals surface area contributed by atoms with Crippen LogP contribution in [0.4, 0.5) is 0 Å². The Balaban J connectivity index is 1.81. The van der Waals surface area contributed by atoms with E-state index >= 15 is 0 Å². The molecule has 2 atom stereocenters. The molecule has 1 spiro atoms. The molecule has 0 aromatic heterocycles. The first-order valence-electron chi connectivity index (χ1n) is 11.8. The Morgan fingerprint density at radius 3 is 2.39 bits per heavy atom. The molecule has 1 heterocycles. The molecule has 0 radical (unpaired) electrons. The van der Waals surface area contributed by atoms with Crippen LogP contribution >= 0.6 is 0 Å². The largest absolute Gasteiger partial charge is 0.467 e. The van der Waals surface area contributed by atoms with E-state index in [0.29, 0.717) is 5.56 Å². The molecule has 0 saturated heterocycles. The van der Waals surface area contributed by atoms with Gasteiger partial charge in [0.05, 0.1) is 18.6 Å². The summed E-state index contributed by atoms with van der Waals surface area (Å²) in [5, 5.41) is 2.90. The van der Waals surface area contributed by atoms with Crippen molar-refractivity contribution in [1.29, 1.82) is 0 Å². The summed E-state index contributed by atoms with van der Waals surface area (Å²) in [7, 11) is 1.33. The number of carbonyl (C=O) groups excluding carboxylic acids is 3. The third-order valence-corrected chi connectivity index (χ3v) is 7.57. The summed E-state index contributed by atoms with van der Waals surface area (Å²) in [5.74, 6) is -1.04. The van der Waals surface area contributed by atoms with Crippen LogP contribution in [-0.4, -0.2) is 47.4 Å². The van der Waals surface area contributed by atoms with Gasteiger partial charge in [0, 0.05) is 11.6 Å². The van der Waals surface area contributed by atoms with E-state index in [1.54, 1.807) is 6.92 Å². The molecule has 31 heavy (non-hydrogen) atoms. The second-order valence-electron chi connectivity index (χ2n) is 9.40. The minimum atomic E-state index is -0.730. The Morgan fingerprint density at radius 1 is 1.06 bits per heavy atom. The van der Waals surface area contributed by atoms with Gasteiger partial charge in [0.25, 0.3) is 5.91 Å². The number of hydrogen-bond donors (Lipinski definition) is 1. The van der Waals surface area contributed by atoms with Crippen LogP contribution in [0, 0.1) is 0 Å². The lowest BCUT2D eigenvalue weighted by Gasteiger charge is -2.57. The van der Waals surface area contributed by atoms with Crippen molar-refractivity contribution in [2.45, 2.75) is 94.7 Å². The SMILES string of the molecule is COC(=O)[C@H](C)NC(=O)[C@H]1c2ccccc2C(=O)N(C2CCCCC2)C12CCCCC2. The van der Waals surface area contributed by atoms with Crippen LogP contribution in [0.1, 0.15) is 93.0 Å². The summed E-state index contributed by atoms with van der Waals surface area (Å²) in [6, 6.07) is 7.01. The van der Waals surface area contributed by atoms with Gasteiger partial charge in [-0.3, -0.25) is 9.59 Å². The zero-order valence-electron chi connectivity index (χ0n) is 18.7. The molecule has 0 bridgehead atoms. The molecule has 1 aromatic rings. The highest BCUT2D eigenvalue weighted by atomic mass is 16.5. The third-order valence-electron chi connectivity index (χ3n) is 7.57. The lowest BCUT2D eigenvalue weighted by molar-refractivity contribution is -0.145. The number of ether oxygens (including phenoxy) is 1. The van der Waals surface area contributed by atoms with Crippen LogP contribution in [-0.2, 0) is 14.3 Å². The molecule has 2 aliphatic carbocycles. The fraction of sp³-hybridized carbons (Fsp3) is 0.640. The van der Waals surface area contributed by atoms with E-state index in [-0.39, 0.29) is 17.9 Å². The molecule has 168 valence electrons. The molecule has 6 heteroatoms. The summed E-state index contributed by atoms with van der Waals surface area (Å²) in [6.07, 6.45) is 10.3. The molecular formula is C25H34N2O4. The molecular weight excluding hydrogens is 392 g/mol. The number of benzene rings is 1. The lowest BCUT2D eigenvalue weighted by Crippen LogP contribution is -2.66. The van der Waals surface area contributed by atoms with Gasteiger partial charge >= 0.3 is 5.97 Å². The molecule has 0 unspecified atom stereocenters. The van der Waals surface area contributed by atoms with E-state index in [4.69, 9.17) is 4.74 Å². The lowest BCUT2D eigenvalue weighted by atomic mass is 9.64. The topological polar surface area (TPSA) is 75.7 Å². The highest BCUT2D eigenvalue weighted by Crippen LogP contribution is 2.51. The average Bonchev–Trinajstić information content (AvgIpc) is 2.80. The zero-order chi connectivity index (χ0) is 22.0. The summed E-state index contributed by atoms with van der Waals surface area (Å²) >= 11 is 0. The van der Waals surface area contributed by atoms with Gasteiger partial charge in [0.15, 0.2) is 0 Å². The Hall–Kier alpha value is -2.37. The number of amides is 2. The predicted octanol–water partition coefficient (Wildman–Crippen LogP) is 3.94. The second kappa shape index (κ2) is 9.01. The normalized spacial score (nSPS) is 24.4. The van der Waals surface area contributed by atoms with Crippen LogP contribution in [0.15, 0.2) is 24.3 Å². The maximum absolute atomic E-state index is 13.9. The van der Waals surface area contributed by atoms with Crippen molar-refractivity contribution in [2.75, 3.05) is 7.11 Å². The number of hydrogen-bond acceptors (Lipinski definition) is 4. The second-order valence-corrected chi connectivity index (χ2v) is 9.40. The van der Waals surface area contributed by atoms with Crippen molar-refractivity contribution in [3.8, 4) is 0 Å². The van der Waals surface area contributed by atoms with Crippen LogP contribution < -0.4 is 5.32 Å². The first-order chi connectivity index (χ1) is 15.0. The van der Waals surface area contributed by atoms with E-state index in [1.165, 1.54) is 13.5 Å². The van der Waals surface area contributed by atoms with Gasteiger partial charge in [-0.15, -0.1) is 0 Å². The standard InChI is InChI=1S/C25H34N2O4/c1-17(24(30)31-2)26-22(28)21-19-13-7-8-14-20(19)23(29)27(18-11-5-3-6-12-18)25(21)15-9-4-10-16-25/h7-8,13-14,17-18,21H,3-6,9-12,15-16H2,1-2H3,(H,26,28)/t17-,21+/m0/s1. The molecule has 6 nitrogen and oxygen atoms in total. The van der Waals surface area contributed by atoms with Crippen molar-refractivity contribution >= 4 is 17.8 Å². The van der Waals surface area contributed by atoms with Gasteiger partial charge < -0.3 is 15.0 Å². The Labute approximate surface area is 184 Å². The first-order valence-corrected chi connectivity index (χ1v) is 11.8. The molecule has 1 aromatic carbocycles. The zero-order valence-corrected chi connectivity index (χ0v) is 18.7. The van der Waals surface area contributed by atoms with Crippen molar-refractivity contribution in [3.05, 3.63) is 35.4 Å². The average molecular weight is 427 g/mol. The molecule has 1 N–H and O–H groups in total. The van der Waals surface area contributed by atoms with Gasteiger partial charge in [0.2, 0.25) is 5.91 Å². The van der Waals surface area contributed by atoms with Crippen molar-refractivity contribution in [3.63, 3.8) is 0 Å². The van der Waals surface area contributed by atoms with Gasteiger partial charge in [-0.05, 0) is 44.2 Å². The van der Waals surface area contributed by atoms with E-state index < -0.39 is 23.5 Å². The van der Waals surface area contributed by atoms with Gasteiger partial charge in [-0.2, -0.15) is 0 Å². The third kappa shape index (κ3) is 3.85. The Bertz CT molecular complexity index is 840. The summed E-state index contributed by atoms with van der Waals surface area (Å²) in [4.78, 5) is 41.7. The summed E-state index contributed by atoms with van der Waals surface area (Å²) in [5.41, 5.74) is 0.914. The minimum absolute atomic E-state index is 0.0782. The Kier molecular flexibility index (Phi) is 6.35. The molecule has 1 aliphatic heterocycles. The smallest absolute Gasteiger partial charge is 0.328 e. The van der Waals surface area contributed by atoms with Crippen LogP contribution in [0.25, 0.3) is 0 Å². The van der Waals surface area contributed by atoms with E-state index in [2.05, 4.69) is 10.2 Å². The summed E-state index contributed by atoms with van der Waals surface area (Å²) < 4.78 is 4.82. The van der Waals surface area contributed by atoms with Gasteiger partial charge in [-0.1, -0.05) is 56.7 Å². The van der Waals surface area contributed by atoms with Crippen molar-refractivity contribution in [1.82, 2.24) is 10.2 Å². The number of methoxy groups -OCH3 is 1. The van der Waals surface area contributed by atoms with Crippen LogP contribution in [0.3, 0.4) is 0 Å². The van der Waals surface area contributed by atoms with E-state index in [1.807, 2.05) is 24.3 Å². The van der Waals surface area contributed by atoms with Crippen molar-refractivity contribution in [2.24, 2.45) is 0 Å². The number of nitrogens with one attached hydrogen (secondary N) is 1. The van der Waals surface area contributed by atoms with Crippen molar-refractivity contribution < 1.29 is 19.1 Å². The fourth-order valence-electron chi connectivity index (χ4n) is 6.18. The number of nitrogens with zero attached hydrogens (tertiary/aromatic N) is 1. The van der Waals surface area contributed by atoms with Crippen LogP contribution in [0.2, 0.25) is 0 Å². The highest BCUT2D eigenvalue weighted by molar-refractivity contribution is 6.02. The highest BCUT2D eigenvalue weighted by Gasteiger charge is 2.56. The van der Waals surface area contributed by atoms with Gasteiger partial charge in [0.1, 0.15) is 6.04 Å². The molecule has 4 rings (SSSR count). The maximum Gasteiger partial charge on any atom is 0.328 e. The maximum atomic E-state index is 13.9. The van der Waals surface area contributed by atoms with Crippen LogP contribution in [0.5, 0.6) is 0 Å². The predicted molar refractivity (Wildman–Crippen MR) is 118 cm³/mol. The fourth-order valence-corrected chi connectivity index (χ4v) is 6.18. The quantitative estimate of drug-likeness (QED) is 0.740. The first kappa shape index (κ1) is 21.8. The monoisotopic (exact) mass is 426 g/mol. The Morgan fingerprint density at radius 2 is 1.71 bits per heavy atom.